The minimum atomic E-state index is 0.711. The van der Waals surface area contributed by atoms with E-state index in [1.54, 1.807) is 0 Å². The Bertz CT molecular complexity index is 2890. The highest BCUT2D eigenvalue weighted by atomic mass is 14.9. The Hall–Kier alpha value is -6.71. The SMILES string of the molecule is c1ccc(-c2ccc(-c3nc(-c4ccc(-c5nc6ccccc6c6c7ccccc7c7ccccc7c56)cc4)c4ccccc4n3)cc2)cc1. The molecule has 0 aliphatic rings. The lowest BCUT2D eigenvalue weighted by Gasteiger charge is -2.16. The Labute approximate surface area is 289 Å². The summed E-state index contributed by atoms with van der Waals surface area (Å²) in [6.07, 6.45) is 0. The first-order valence-electron chi connectivity index (χ1n) is 17.0. The van der Waals surface area contributed by atoms with Crippen LogP contribution in [0, 0.1) is 0 Å². The van der Waals surface area contributed by atoms with Gasteiger partial charge in [0, 0.05) is 38.2 Å². The molecule has 0 unspecified atom stereocenters. The molecule has 3 heteroatoms. The van der Waals surface area contributed by atoms with E-state index in [2.05, 4.69) is 164 Å². The highest BCUT2D eigenvalue weighted by Gasteiger charge is 2.18. The van der Waals surface area contributed by atoms with Gasteiger partial charge in [0.1, 0.15) is 0 Å². The van der Waals surface area contributed by atoms with Crippen molar-refractivity contribution in [1.82, 2.24) is 15.0 Å². The fourth-order valence-corrected chi connectivity index (χ4v) is 7.49. The van der Waals surface area contributed by atoms with E-state index >= 15 is 0 Å². The molecule has 2 aromatic heterocycles. The second-order valence-corrected chi connectivity index (χ2v) is 12.8. The van der Waals surface area contributed by atoms with Gasteiger partial charge in [-0.05, 0) is 44.8 Å². The minimum absolute atomic E-state index is 0.711. The summed E-state index contributed by atoms with van der Waals surface area (Å²) < 4.78 is 0. The van der Waals surface area contributed by atoms with Crippen LogP contribution in [0.15, 0.2) is 176 Å². The van der Waals surface area contributed by atoms with Gasteiger partial charge < -0.3 is 0 Å². The van der Waals surface area contributed by atoms with Crippen LogP contribution in [0.4, 0.5) is 0 Å². The van der Waals surface area contributed by atoms with E-state index in [0.717, 1.165) is 44.5 Å². The zero-order valence-corrected chi connectivity index (χ0v) is 27.1. The van der Waals surface area contributed by atoms with Gasteiger partial charge in [0.2, 0.25) is 0 Å². The molecule has 0 saturated heterocycles. The number of hydrogen-bond acceptors (Lipinski definition) is 3. The highest BCUT2D eigenvalue weighted by Crippen LogP contribution is 2.43. The minimum Gasteiger partial charge on any atom is -0.247 e. The van der Waals surface area contributed by atoms with Crippen molar-refractivity contribution in [2.24, 2.45) is 0 Å². The average Bonchev–Trinajstić information content (AvgIpc) is 3.20. The molecule has 0 fully saturated rings. The smallest absolute Gasteiger partial charge is 0.160 e. The molecule has 8 aromatic carbocycles. The van der Waals surface area contributed by atoms with Gasteiger partial charge in [0.05, 0.1) is 22.4 Å². The molecule has 3 nitrogen and oxygen atoms in total. The number of benzene rings is 8. The lowest BCUT2D eigenvalue weighted by atomic mass is 9.90. The molecular weight excluding hydrogens is 607 g/mol. The van der Waals surface area contributed by atoms with Gasteiger partial charge in [-0.15, -0.1) is 0 Å². The fraction of sp³-hybridized carbons (Fsp3) is 0. The monoisotopic (exact) mass is 635 g/mol. The van der Waals surface area contributed by atoms with Crippen molar-refractivity contribution >= 4 is 54.1 Å². The maximum Gasteiger partial charge on any atom is 0.160 e. The van der Waals surface area contributed by atoms with Crippen LogP contribution in [0.25, 0.3) is 99.2 Å². The van der Waals surface area contributed by atoms with Crippen LogP contribution >= 0.6 is 0 Å². The van der Waals surface area contributed by atoms with Crippen LogP contribution in [0.2, 0.25) is 0 Å². The average molecular weight is 636 g/mol. The molecule has 0 spiro atoms. The third-order valence-corrected chi connectivity index (χ3v) is 9.86. The van der Waals surface area contributed by atoms with Gasteiger partial charge >= 0.3 is 0 Å². The van der Waals surface area contributed by atoms with Crippen LogP contribution in [-0.4, -0.2) is 15.0 Å². The zero-order valence-electron chi connectivity index (χ0n) is 27.1. The van der Waals surface area contributed by atoms with Crippen molar-refractivity contribution in [3.05, 3.63) is 176 Å². The summed E-state index contributed by atoms with van der Waals surface area (Å²) in [4.78, 5) is 15.5. The third-order valence-electron chi connectivity index (χ3n) is 9.86. The summed E-state index contributed by atoms with van der Waals surface area (Å²) in [5.74, 6) is 0.711. The summed E-state index contributed by atoms with van der Waals surface area (Å²) >= 11 is 0. The predicted octanol–water partition coefficient (Wildman–Crippen LogP) is 12.3. The van der Waals surface area contributed by atoms with E-state index in [1.165, 1.54) is 48.8 Å². The summed E-state index contributed by atoms with van der Waals surface area (Å²) in [6, 6.07) is 61.9. The molecule has 0 saturated carbocycles. The molecular formula is C47H29N3. The van der Waals surface area contributed by atoms with Crippen LogP contribution in [0.5, 0.6) is 0 Å². The number of pyridine rings is 1. The van der Waals surface area contributed by atoms with Gasteiger partial charge in [-0.1, -0.05) is 164 Å². The molecule has 232 valence electrons. The van der Waals surface area contributed by atoms with E-state index in [-0.39, 0.29) is 0 Å². The summed E-state index contributed by atoms with van der Waals surface area (Å²) in [7, 11) is 0. The Morgan fingerprint density at radius 1 is 0.240 bits per heavy atom. The lowest BCUT2D eigenvalue weighted by molar-refractivity contribution is 1.23. The molecule has 0 aliphatic carbocycles. The Kier molecular flexibility index (Phi) is 6.49. The van der Waals surface area contributed by atoms with E-state index < -0.39 is 0 Å². The second-order valence-electron chi connectivity index (χ2n) is 12.8. The molecule has 0 aliphatic heterocycles. The summed E-state index contributed by atoms with van der Waals surface area (Å²) in [5.41, 5.74) is 9.26. The van der Waals surface area contributed by atoms with Crippen molar-refractivity contribution in [3.8, 4) is 45.0 Å². The Balaban J connectivity index is 1.14. The van der Waals surface area contributed by atoms with E-state index in [9.17, 15) is 0 Å². The number of hydrogen-bond donors (Lipinski definition) is 0. The molecule has 2 heterocycles. The van der Waals surface area contributed by atoms with Crippen molar-refractivity contribution in [1.29, 1.82) is 0 Å². The maximum absolute atomic E-state index is 5.34. The Morgan fingerprint density at radius 2 is 0.680 bits per heavy atom. The van der Waals surface area contributed by atoms with Gasteiger partial charge in [-0.25, -0.2) is 15.0 Å². The maximum atomic E-state index is 5.34. The van der Waals surface area contributed by atoms with Crippen molar-refractivity contribution < 1.29 is 0 Å². The fourth-order valence-electron chi connectivity index (χ4n) is 7.49. The Morgan fingerprint density at radius 3 is 1.34 bits per heavy atom. The van der Waals surface area contributed by atoms with E-state index in [4.69, 9.17) is 15.0 Å². The molecule has 10 rings (SSSR count). The number of fused-ring (bicyclic) bond motifs is 9. The van der Waals surface area contributed by atoms with E-state index in [1.807, 2.05) is 12.1 Å². The number of nitrogens with zero attached hydrogens (tertiary/aromatic N) is 3. The first kappa shape index (κ1) is 28.3. The van der Waals surface area contributed by atoms with Crippen LogP contribution in [0.3, 0.4) is 0 Å². The molecule has 50 heavy (non-hydrogen) atoms. The van der Waals surface area contributed by atoms with Crippen molar-refractivity contribution in [2.45, 2.75) is 0 Å². The molecule has 0 atom stereocenters. The summed E-state index contributed by atoms with van der Waals surface area (Å²) in [5, 5.41) is 9.57. The van der Waals surface area contributed by atoms with Gasteiger partial charge in [-0.3, -0.25) is 0 Å². The molecule has 0 N–H and O–H groups in total. The topological polar surface area (TPSA) is 38.7 Å². The van der Waals surface area contributed by atoms with Crippen molar-refractivity contribution in [2.75, 3.05) is 0 Å². The molecule has 0 bridgehead atoms. The normalized spacial score (nSPS) is 11.6. The first-order valence-corrected chi connectivity index (χ1v) is 17.0. The van der Waals surface area contributed by atoms with Crippen LogP contribution in [-0.2, 0) is 0 Å². The lowest BCUT2D eigenvalue weighted by Crippen LogP contribution is -1.96. The largest absolute Gasteiger partial charge is 0.247 e. The first-order chi connectivity index (χ1) is 24.8. The highest BCUT2D eigenvalue weighted by molar-refractivity contribution is 6.33. The zero-order chi connectivity index (χ0) is 33.0. The van der Waals surface area contributed by atoms with Crippen molar-refractivity contribution in [3.63, 3.8) is 0 Å². The molecule has 0 amide bonds. The van der Waals surface area contributed by atoms with Gasteiger partial charge in [-0.2, -0.15) is 0 Å². The van der Waals surface area contributed by atoms with Gasteiger partial charge in [0.15, 0.2) is 5.82 Å². The number of aromatic nitrogens is 3. The van der Waals surface area contributed by atoms with Crippen LogP contribution in [0.1, 0.15) is 0 Å². The number of para-hydroxylation sites is 2. The number of rotatable bonds is 4. The standard InChI is InChI=1S/C47H29N3/c1-2-12-30(13-3-1)31-22-28-34(29-23-31)47-49-42-21-11-9-19-40(42)45(50-47)32-24-26-33(27-25-32)46-44-38-17-7-5-15-36(38)35-14-4-6-16-37(35)43(44)39-18-8-10-20-41(39)48-46/h1-29H. The van der Waals surface area contributed by atoms with Crippen LogP contribution < -0.4 is 0 Å². The quantitative estimate of drug-likeness (QED) is 0.181. The predicted molar refractivity (Wildman–Crippen MR) is 209 cm³/mol. The molecule has 0 radical (unpaired) electrons. The second kappa shape index (κ2) is 11.5. The van der Waals surface area contributed by atoms with E-state index in [0.29, 0.717) is 5.82 Å². The molecule has 10 aromatic rings. The third kappa shape index (κ3) is 4.56. The van der Waals surface area contributed by atoms with Gasteiger partial charge in [0.25, 0.3) is 0 Å². The summed E-state index contributed by atoms with van der Waals surface area (Å²) in [6.45, 7) is 0.